The van der Waals surface area contributed by atoms with Gasteiger partial charge in [-0.25, -0.2) is 13.2 Å². The summed E-state index contributed by atoms with van der Waals surface area (Å²) in [5.74, 6) is -1.29. The van der Waals surface area contributed by atoms with E-state index < -0.39 is 33.4 Å². The van der Waals surface area contributed by atoms with Crippen molar-refractivity contribution in [3.8, 4) is 0 Å². The van der Waals surface area contributed by atoms with Crippen LogP contribution in [-0.4, -0.2) is 36.8 Å². The molecule has 0 radical (unpaired) electrons. The van der Waals surface area contributed by atoms with Gasteiger partial charge in [-0.1, -0.05) is 48.5 Å². The van der Waals surface area contributed by atoms with E-state index in [4.69, 9.17) is 0 Å². The Hall–Kier alpha value is -4.18. The highest BCUT2D eigenvalue weighted by Gasteiger charge is 2.48. The van der Waals surface area contributed by atoms with Gasteiger partial charge in [0, 0.05) is 11.3 Å². The van der Waals surface area contributed by atoms with Crippen molar-refractivity contribution in [1.82, 2.24) is 15.8 Å². The van der Waals surface area contributed by atoms with Crippen molar-refractivity contribution in [2.75, 3.05) is 4.72 Å². The van der Waals surface area contributed by atoms with Crippen molar-refractivity contribution in [1.29, 1.82) is 0 Å². The minimum Gasteiger partial charge on any atom is -0.322 e. The first-order chi connectivity index (χ1) is 16.7. The van der Waals surface area contributed by atoms with Crippen LogP contribution in [0.15, 0.2) is 89.8 Å². The molecule has 1 aliphatic heterocycles. The van der Waals surface area contributed by atoms with E-state index in [0.29, 0.717) is 23.5 Å². The Bertz CT molecular complexity index is 1350. The predicted molar refractivity (Wildman–Crippen MR) is 130 cm³/mol. The minimum atomic E-state index is -3.85. The van der Waals surface area contributed by atoms with Gasteiger partial charge in [-0.3, -0.25) is 19.7 Å². The van der Waals surface area contributed by atoms with E-state index in [1.807, 2.05) is 30.3 Å². The predicted octanol–water partition coefficient (Wildman–Crippen LogP) is 3.08. The number of hydrazine groups is 1. The Labute approximate surface area is 203 Å². The van der Waals surface area contributed by atoms with Crippen LogP contribution in [0.1, 0.15) is 29.3 Å². The topological polar surface area (TPSA) is 125 Å². The fraction of sp³-hybridized carbons (Fsp3) is 0.160. The molecule has 4 rings (SSSR count). The molecular formula is C25H24N4O5S. The summed E-state index contributed by atoms with van der Waals surface area (Å²) in [6.45, 7) is 1.61. The second-order valence-corrected chi connectivity index (χ2v) is 10.0. The van der Waals surface area contributed by atoms with Gasteiger partial charge in [0.1, 0.15) is 5.54 Å². The van der Waals surface area contributed by atoms with Crippen molar-refractivity contribution in [3.63, 3.8) is 0 Å². The number of rotatable bonds is 8. The highest BCUT2D eigenvalue weighted by molar-refractivity contribution is 7.92. The summed E-state index contributed by atoms with van der Waals surface area (Å²) in [5.41, 5.74) is 2.66. The molecule has 3 aromatic carbocycles. The number of nitrogens with zero attached hydrogens (tertiary/aromatic N) is 1. The van der Waals surface area contributed by atoms with Crippen molar-refractivity contribution in [3.05, 3.63) is 96.1 Å². The van der Waals surface area contributed by atoms with Gasteiger partial charge >= 0.3 is 6.03 Å². The molecule has 1 heterocycles. The maximum Gasteiger partial charge on any atom is 0.344 e. The molecule has 9 nitrogen and oxygen atoms in total. The van der Waals surface area contributed by atoms with Crippen molar-refractivity contribution < 1.29 is 22.8 Å². The average Bonchev–Trinajstić information content (AvgIpc) is 3.07. The molecule has 4 amide bonds. The molecular weight excluding hydrogens is 468 g/mol. The van der Waals surface area contributed by atoms with Crippen molar-refractivity contribution in [2.24, 2.45) is 0 Å². The summed E-state index contributed by atoms with van der Waals surface area (Å²) < 4.78 is 27.6. The van der Waals surface area contributed by atoms with E-state index in [0.717, 1.165) is 5.56 Å². The van der Waals surface area contributed by atoms with Gasteiger partial charge in [0.2, 0.25) is 0 Å². The van der Waals surface area contributed by atoms with Crippen LogP contribution in [0.3, 0.4) is 0 Å². The number of hydrogen-bond acceptors (Lipinski definition) is 5. The summed E-state index contributed by atoms with van der Waals surface area (Å²) in [6.07, 6.45) is 0.924. The van der Waals surface area contributed by atoms with E-state index >= 15 is 0 Å². The molecule has 3 aromatic rings. The van der Waals surface area contributed by atoms with Crippen molar-refractivity contribution >= 4 is 33.6 Å². The van der Waals surface area contributed by atoms with Crippen LogP contribution in [0.4, 0.5) is 10.5 Å². The van der Waals surface area contributed by atoms with Gasteiger partial charge in [-0.2, -0.15) is 5.01 Å². The van der Waals surface area contributed by atoms with Gasteiger partial charge in [-0.15, -0.1) is 0 Å². The zero-order valence-electron chi connectivity index (χ0n) is 18.9. The van der Waals surface area contributed by atoms with E-state index in [1.54, 1.807) is 37.3 Å². The number of para-hydroxylation sites is 1. The number of carbonyl (C=O) groups is 3. The quantitative estimate of drug-likeness (QED) is 0.417. The SMILES string of the molecule is C[C@@]1(CCc2ccccc2)NC(=O)N(NC(=O)c2ccc(S(=O)(=O)Nc3ccccc3)cc2)C1=O. The molecule has 10 heteroatoms. The zero-order chi connectivity index (χ0) is 25.1. The van der Waals surface area contributed by atoms with Crippen LogP contribution in [0.5, 0.6) is 0 Å². The molecule has 0 unspecified atom stereocenters. The number of sulfonamides is 1. The fourth-order valence-electron chi connectivity index (χ4n) is 3.67. The maximum absolute atomic E-state index is 12.9. The van der Waals surface area contributed by atoms with Gasteiger partial charge in [-0.05, 0) is 61.7 Å². The highest BCUT2D eigenvalue weighted by Crippen LogP contribution is 2.23. The Kier molecular flexibility index (Phi) is 6.57. The Morgan fingerprint density at radius 2 is 1.51 bits per heavy atom. The molecule has 35 heavy (non-hydrogen) atoms. The third-order valence-electron chi connectivity index (χ3n) is 5.68. The monoisotopic (exact) mass is 492 g/mol. The summed E-state index contributed by atoms with van der Waals surface area (Å²) in [4.78, 5) is 38.0. The molecule has 180 valence electrons. The fourth-order valence-corrected chi connectivity index (χ4v) is 4.72. The standard InChI is InChI=1S/C25H24N4O5S/c1-25(17-16-18-8-4-2-5-9-18)23(31)29(24(32)26-25)27-22(30)19-12-14-21(15-13-19)35(33,34)28-20-10-6-3-7-11-20/h2-15,28H,16-17H2,1H3,(H,26,32)(H,27,30)/t25-/m0/s1. The van der Waals surface area contributed by atoms with Crippen LogP contribution in [0.25, 0.3) is 0 Å². The Morgan fingerprint density at radius 3 is 2.14 bits per heavy atom. The Balaban J connectivity index is 1.41. The van der Waals surface area contributed by atoms with Crippen molar-refractivity contribution in [2.45, 2.75) is 30.2 Å². The van der Waals surface area contributed by atoms with E-state index in [2.05, 4.69) is 15.5 Å². The number of amides is 4. The van der Waals surface area contributed by atoms with E-state index in [9.17, 15) is 22.8 Å². The number of hydrogen-bond donors (Lipinski definition) is 3. The normalized spacial score (nSPS) is 17.7. The highest BCUT2D eigenvalue weighted by atomic mass is 32.2. The third-order valence-corrected chi connectivity index (χ3v) is 7.08. The van der Waals surface area contributed by atoms with Crippen LogP contribution >= 0.6 is 0 Å². The molecule has 3 N–H and O–H groups in total. The maximum atomic E-state index is 12.9. The lowest BCUT2D eigenvalue weighted by molar-refractivity contribution is -0.132. The molecule has 0 saturated carbocycles. The van der Waals surface area contributed by atoms with Gasteiger partial charge in [0.05, 0.1) is 4.90 Å². The lowest BCUT2D eigenvalue weighted by atomic mass is 9.93. The minimum absolute atomic E-state index is 0.0404. The smallest absolute Gasteiger partial charge is 0.322 e. The molecule has 0 spiro atoms. The Morgan fingerprint density at radius 1 is 0.914 bits per heavy atom. The average molecular weight is 493 g/mol. The van der Waals surface area contributed by atoms with Gasteiger partial charge in [0.25, 0.3) is 21.8 Å². The van der Waals surface area contributed by atoms with Gasteiger partial charge < -0.3 is 5.32 Å². The lowest BCUT2D eigenvalue weighted by Crippen LogP contribution is -2.48. The number of imide groups is 1. The van der Waals surface area contributed by atoms with Gasteiger partial charge in [0.15, 0.2) is 0 Å². The zero-order valence-corrected chi connectivity index (χ0v) is 19.7. The molecule has 0 aromatic heterocycles. The molecule has 0 aliphatic carbocycles. The van der Waals surface area contributed by atoms with E-state index in [1.165, 1.54) is 24.3 Å². The number of urea groups is 1. The first-order valence-corrected chi connectivity index (χ1v) is 12.4. The molecule has 0 bridgehead atoms. The summed E-state index contributed by atoms with van der Waals surface area (Å²) in [6, 6.07) is 22.4. The number of anilines is 1. The van der Waals surface area contributed by atoms with Crippen LogP contribution in [0, 0.1) is 0 Å². The first kappa shape index (κ1) is 24.0. The molecule has 1 fully saturated rings. The number of aryl methyl sites for hydroxylation is 1. The van der Waals surface area contributed by atoms with Crippen LogP contribution < -0.4 is 15.5 Å². The summed E-state index contributed by atoms with van der Waals surface area (Å²) in [5, 5.41) is 3.31. The largest absolute Gasteiger partial charge is 0.344 e. The molecule has 1 aliphatic rings. The first-order valence-electron chi connectivity index (χ1n) is 10.9. The number of nitrogens with one attached hydrogen (secondary N) is 3. The van der Waals surface area contributed by atoms with Crippen LogP contribution in [-0.2, 0) is 21.2 Å². The number of carbonyl (C=O) groups excluding carboxylic acids is 3. The number of benzene rings is 3. The molecule has 1 atom stereocenters. The second kappa shape index (κ2) is 9.59. The third kappa shape index (κ3) is 5.33. The lowest BCUT2D eigenvalue weighted by Gasteiger charge is -2.21. The van der Waals surface area contributed by atoms with Crippen LogP contribution in [0.2, 0.25) is 0 Å². The second-order valence-electron chi connectivity index (χ2n) is 8.33. The summed E-state index contributed by atoms with van der Waals surface area (Å²) >= 11 is 0. The van der Waals surface area contributed by atoms with E-state index in [-0.39, 0.29) is 10.5 Å². The summed E-state index contributed by atoms with van der Waals surface area (Å²) in [7, 11) is -3.85. The molecule has 1 saturated heterocycles.